The Morgan fingerprint density at radius 3 is 2.70 bits per heavy atom. The maximum atomic E-state index is 11.4. The topological polar surface area (TPSA) is 59.6 Å². The minimum Gasteiger partial charge on any atom is -0.492 e. The van der Waals surface area contributed by atoms with Crippen LogP contribution in [0.3, 0.4) is 0 Å². The van der Waals surface area contributed by atoms with Gasteiger partial charge >= 0.3 is 6.09 Å². The van der Waals surface area contributed by atoms with E-state index < -0.39 is 11.7 Å². The molecule has 0 fully saturated rings. The molecule has 0 radical (unpaired) electrons. The summed E-state index contributed by atoms with van der Waals surface area (Å²) >= 11 is 0. The average molecular weight is 280 g/mol. The summed E-state index contributed by atoms with van der Waals surface area (Å²) in [6.07, 6.45) is -0.428. The number of hydrogen-bond donors (Lipinski definition) is 2. The third-order valence-corrected chi connectivity index (χ3v) is 2.25. The zero-order valence-corrected chi connectivity index (χ0v) is 12.7. The highest BCUT2D eigenvalue weighted by Crippen LogP contribution is 2.16. The van der Waals surface area contributed by atoms with Crippen LogP contribution < -0.4 is 15.4 Å². The Balaban J connectivity index is 2.27. The Hall–Kier alpha value is -1.91. The fourth-order valence-corrected chi connectivity index (χ4v) is 1.54. The molecule has 0 aromatic heterocycles. The van der Waals surface area contributed by atoms with Gasteiger partial charge in [0.2, 0.25) is 0 Å². The predicted octanol–water partition coefficient (Wildman–Crippen LogP) is 3.02. The van der Waals surface area contributed by atoms with Crippen LogP contribution >= 0.6 is 0 Å². The number of carbonyl (C=O) groups excluding carboxylic acids is 1. The number of rotatable bonds is 6. The minimum atomic E-state index is -0.481. The van der Waals surface area contributed by atoms with Crippen molar-refractivity contribution in [2.75, 3.05) is 25.0 Å². The fourth-order valence-electron chi connectivity index (χ4n) is 1.54. The lowest BCUT2D eigenvalue weighted by Crippen LogP contribution is -2.34. The van der Waals surface area contributed by atoms with Crippen molar-refractivity contribution < 1.29 is 14.3 Å². The lowest BCUT2D eigenvalue weighted by atomic mass is 10.2. The first-order chi connectivity index (χ1) is 9.40. The Bertz CT molecular complexity index is 427. The monoisotopic (exact) mass is 280 g/mol. The van der Waals surface area contributed by atoms with Gasteiger partial charge in [0.15, 0.2) is 0 Å². The molecule has 0 atom stereocenters. The molecule has 1 aromatic carbocycles. The normalized spacial score (nSPS) is 10.8. The van der Waals surface area contributed by atoms with Crippen LogP contribution in [0.15, 0.2) is 24.3 Å². The molecule has 0 heterocycles. The molecule has 20 heavy (non-hydrogen) atoms. The van der Waals surface area contributed by atoms with Crippen molar-refractivity contribution in [3.05, 3.63) is 24.3 Å². The molecule has 0 bridgehead atoms. The van der Waals surface area contributed by atoms with Gasteiger partial charge in [0.25, 0.3) is 0 Å². The summed E-state index contributed by atoms with van der Waals surface area (Å²) in [7, 11) is 0. The summed E-state index contributed by atoms with van der Waals surface area (Å²) in [6.45, 7) is 9.19. The van der Waals surface area contributed by atoms with E-state index in [1.807, 2.05) is 52.0 Å². The number of carbonyl (C=O) groups is 1. The molecule has 2 N–H and O–H groups in total. The molecule has 112 valence electrons. The third kappa shape index (κ3) is 6.87. The van der Waals surface area contributed by atoms with Crippen molar-refractivity contribution in [1.29, 1.82) is 0 Å². The molecule has 5 nitrogen and oxygen atoms in total. The molecule has 5 heteroatoms. The van der Waals surface area contributed by atoms with Crippen molar-refractivity contribution in [3.8, 4) is 5.75 Å². The van der Waals surface area contributed by atoms with E-state index in [0.29, 0.717) is 13.2 Å². The Morgan fingerprint density at radius 2 is 2.05 bits per heavy atom. The summed E-state index contributed by atoms with van der Waals surface area (Å²) in [4.78, 5) is 11.4. The van der Waals surface area contributed by atoms with Gasteiger partial charge in [0.05, 0.1) is 6.54 Å². The van der Waals surface area contributed by atoms with E-state index in [1.54, 1.807) is 0 Å². The molecular formula is C15H24N2O3. The fraction of sp³-hybridized carbons (Fsp3) is 0.533. The van der Waals surface area contributed by atoms with Crippen LogP contribution in [0.1, 0.15) is 27.7 Å². The number of benzene rings is 1. The second kappa shape index (κ2) is 7.62. The highest BCUT2D eigenvalue weighted by atomic mass is 16.6. The van der Waals surface area contributed by atoms with Gasteiger partial charge in [-0.2, -0.15) is 0 Å². The first kappa shape index (κ1) is 16.1. The lowest BCUT2D eigenvalue weighted by molar-refractivity contribution is 0.0520. The summed E-state index contributed by atoms with van der Waals surface area (Å²) < 4.78 is 10.7. The van der Waals surface area contributed by atoms with Gasteiger partial charge in [-0.1, -0.05) is 6.07 Å². The van der Waals surface area contributed by atoms with Gasteiger partial charge < -0.3 is 20.1 Å². The second-order valence-corrected chi connectivity index (χ2v) is 5.34. The van der Waals surface area contributed by atoms with E-state index in [9.17, 15) is 4.79 Å². The van der Waals surface area contributed by atoms with E-state index in [0.717, 1.165) is 18.0 Å². The molecule has 1 amide bonds. The smallest absolute Gasteiger partial charge is 0.407 e. The molecule has 0 saturated heterocycles. The Morgan fingerprint density at radius 1 is 1.30 bits per heavy atom. The van der Waals surface area contributed by atoms with E-state index in [2.05, 4.69) is 10.6 Å². The highest BCUT2D eigenvalue weighted by molar-refractivity contribution is 5.67. The summed E-state index contributed by atoms with van der Waals surface area (Å²) in [5, 5.41) is 5.86. The van der Waals surface area contributed by atoms with E-state index in [4.69, 9.17) is 9.47 Å². The van der Waals surface area contributed by atoms with E-state index in [1.165, 1.54) is 0 Å². The number of ether oxygens (including phenoxy) is 2. The van der Waals surface area contributed by atoms with Crippen LogP contribution in [0.4, 0.5) is 10.5 Å². The van der Waals surface area contributed by atoms with Crippen LogP contribution in [0.25, 0.3) is 0 Å². The van der Waals surface area contributed by atoms with Crippen LogP contribution in [0.2, 0.25) is 0 Å². The molecule has 0 spiro atoms. The zero-order chi connectivity index (χ0) is 15.0. The van der Waals surface area contributed by atoms with Crippen molar-refractivity contribution in [3.63, 3.8) is 0 Å². The summed E-state index contributed by atoms with van der Waals surface area (Å²) in [5.41, 5.74) is 0.538. The van der Waals surface area contributed by atoms with Gasteiger partial charge in [-0.15, -0.1) is 0 Å². The molecule has 0 aliphatic carbocycles. The Labute approximate surface area is 120 Å². The molecule has 1 aromatic rings. The summed E-state index contributed by atoms with van der Waals surface area (Å²) in [6, 6.07) is 7.72. The van der Waals surface area contributed by atoms with Gasteiger partial charge in [-0.25, -0.2) is 4.79 Å². The molecule has 0 aliphatic heterocycles. The largest absolute Gasteiger partial charge is 0.492 e. The van der Waals surface area contributed by atoms with Crippen molar-refractivity contribution >= 4 is 11.8 Å². The lowest BCUT2D eigenvalue weighted by Gasteiger charge is -2.19. The van der Waals surface area contributed by atoms with Crippen molar-refractivity contribution in [2.24, 2.45) is 0 Å². The number of nitrogens with one attached hydrogen (secondary N) is 2. The predicted molar refractivity (Wildman–Crippen MR) is 80.3 cm³/mol. The maximum absolute atomic E-state index is 11.4. The number of amides is 1. The quantitative estimate of drug-likeness (QED) is 0.786. The van der Waals surface area contributed by atoms with Crippen LogP contribution in [-0.4, -0.2) is 31.4 Å². The van der Waals surface area contributed by atoms with Gasteiger partial charge in [-0.3, -0.25) is 0 Å². The van der Waals surface area contributed by atoms with Crippen molar-refractivity contribution in [2.45, 2.75) is 33.3 Å². The maximum Gasteiger partial charge on any atom is 0.407 e. The molecule has 0 unspecified atom stereocenters. The number of alkyl carbamates (subject to hydrolysis) is 1. The number of anilines is 1. The van der Waals surface area contributed by atoms with Crippen LogP contribution in [0.5, 0.6) is 5.75 Å². The standard InChI is InChI=1S/C15H24N2O3/c1-5-16-12-7-6-8-13(11-12)19-10-9-17-14(18)20-15(2,3)4/h6-8,11,16H,5,9-10H2,1-4H3,(H,17,18). The van der Waals surface area contributed by atoms with Crippen molar-refractivity contribution in [1.82, 2.24) is 5.32 Å². The first-order valence-electron chi connectivity index (χ1n) is 6.84. The number of hydrogen-bond acceptors (Lipinski definition) is 4. The molecule has 0 saturated carbocycles. The first-order valence-corrected chi connectivity index (χ1v) is 6.84. The van der Waals surface area contributed by atoms with Gasteiger partial charge in [0, 0.05) is 18.3 Å². The molecule has 1 rings (SSSR count). The second-order valence-electron chi connectivity index (χ2n) is 5.34. The van der Waals surface area contributed by atoms with E-state index >= 15 is 0 Å². The third-order valence-electron chi connectivity index (χ3n) is 2.25. The van der Waals surface area contributed by atoms with Crippen LogP contribution in [0, 0.1) is 0 Å². The molecular weight excluding hydrogens is 256 g/mol. The Kier molecular flexibility index (Phi) is 6.15. The van der Waals surface area contributed by atoms with Crippen LogP contribution in [-0.2, 0) is 4.74 Å². The zero-order valence-electron chi connectivity index (χ0n) is 12.7. The SMILES string of the molecule is CCNc1cccc(OCCNC(=O)OC(C)(C)C)c1. The van der Waals surface area contributed by atoms with E-state index in [-0.39, 0.29) is 0 Å². The summed E-state index contributed by atoms with van der Waals surface area (Å²) in [5.74, 6) is 0.773. The highest BCUT2D eigenvalue weighted by Gasteiger charge is 2.15. The van der Waals surface area contributed by atoms with Gasteiger partial charge in [0.1, 0.15) is 18.0 Å². The average Bonchev–Trinajstić information content (AvgIpc) is 2.33. The minimum absolute atomic E-state index is 0.398. The molecule has 0 aliphatic rings. The van der Waals surface area contributed by atoms with Gasteiger partial charge in [-0.05, 0) is 39.8 Å².